The molecule has 2 amide bonds. The van der Waals surface area contributed by atoms with E-state index in [1.165, 1.54) is 0 Å². The zero-order valence-corrected chi connectivity index (χ0v) is 20.6. The molecule has 0 unspecified atom stereocenters. The average molecular weight is 489 g/mol. The lowest BCUT2D eigenvalue weighted by Gasteiger charge is -2.16. The van der Waals surface area contributed by atoms with E-state index in [2.05, 4.69) is 47.8 Å². The molecule has 37 heavy (non-hydrogen) atoms. The van der Waals surface area contributed by atoms with Gasteiger partial charge in [0.2, 0.25) is 11.8 Å². The number of hydrogen-bond acceptors (Lipinski definition) is 3. The molecule has 5 nitrogen and oxygen atoms in total. The fraction of sp³-hybridized carbons (Fsp3) is 0.188. The van der Waals surface area contributed by atoms with Gasteiger partial charge in [0.05, 0.1) is 12.7 Å². The predicted octanol–water partition coefficient (Wildman–Crippen LogP) is 6.23. The van der Waals surface area contributed by atoms with E-state index >= 15 is 0 Å². The molecule has 6 rings (SSSR count). The number of amides is 2. The third-order valence-electron chi connectivity index (χ3n) is 7.19. The smallest absolute Gasteiger partial charge is 0.224 e. The van der Waals surface area contributed by atoms with Gasteiger partial charge in [0.15, 0.2) is 0 Å². The van der Waals surface area contributed by atoms with Gasteiger partial charge in [-0.2, -0.15) is 0 Å². The maximum Gasteiger partial charge on any atom is 0.224 e. The minimum Gasteiger partial charge on any atom is -0.464 e. The first-order valence-electron chi connectivity index (χ1n) is 12.8. The molecule has 0 saturated carbocycles. The van der Waals surface area contributed by atoms with E-state index < -0.39 is 0 Å². The van der Waals surface area contributed by atoms with Gasteiger partial charge in [-0.05, 0) is 45.5 Å². The maximum absolute atomic E-state index is 13.0. The fourth-order valence-corrected chi connectivity index (χ4v) is 5.27. The Morgan fingerprint density at radius 3 is 2.54 bits per heavy atom. The minimum atomic E-state index is -0.0453. The monoisotopic (exact) mass is 488 g/mol. The van der Waals surface area contributed by atoms with Crippen LogP contribution in [0.2, 0.25) is 0 Å². The van der Waals surface area contributed by atoms with Gasteiger partial charge < -0.3 is 14.6 Å². The minimum absolute atomic E-state index is 0.0453. The number of nitrogens with one attached hydrogen (secondary N) is 1. The first-order chi connectivity index (χ1) is 18.2. The summed E-state index contributed by atoms with van der Waals surface area (Å²) in [7, 11) is 0. The van der Waals surface area contributed by atoms with Crippen molar-refractivity contribution >= 4 is 33.6 Å². The lowest BCUT2D eigenvalue weighted by atomic mass is 9.98. The van der Waals surface area contributed by atoms with Crippen LogP contribution in [0.25, 0.3) is 32.9 Å². The number of likely N-dealkylation sites (tertiary alicyclic amines) is 1. The topological polar surface area (TPSA) is 62.6 Å². The number of carbonyl (C=O) groups is 2. The number of benzene rings is 4. The Kier molecular flexibility index (Phi) is 6.19. The number of fused-ring (bicyclic) bond motifs is 3. The van der Waals surface area contributed by atoms with Crippen LogP contribution in [0.1, 0.15) is 29.5 Å². The van der Waals surface area contributed by atoms with Crippen LogP contribution in [0.15, 0.2) is 95.6 Å². The van der Waals surface area contributed by atoms with E-state index in [1.54, 1.807) is 6.26 Å². The van der Waals surface area contributed by atoms with Crippen LogP contribution >= 0.6 is 0 Å². The van der Waals surface area contributed by atoms with Crippen molar-refractivity contribution in [3.05, 3.63) is 108 Å². The summed E-state index contributed by atoms with van der Waals surface area (Å²) in [6, 6.07) is 28.7. The van der Waals surface area contributed by atoms with Crippen molar-refractivity contribution in [1.82, 2.24) is 10.2 Å². The van der Waals surface area contributed by atoms with Gasteiger partial charge in [-0.25, -0.2) is 0 Å². The number of nitrogens with zero attached hydrogens (tertiary/aromatic N) is 1. The summed E-state index contributed by atoms with van der Waals surface area (Å²) >= 11 is 0. The number of carbonyl (C=O) groups excluding carboxylic acids is 2. The first-order valence-corrected chi connectivity index (χ1v) is 12.8. The van der Waals surface area contributed by atoms with Crippen molar-refractivity contribution in [2.75, 3.05) is 6.54 Å². The Hall–Kier alpha value is -4.38. The van der Waals surface area contributed by atoms with E-state index in [9.17, 15) is 9.59 Å². The summed E-state index contributed by atoms with van der Waals surface area (Å²) in [6.45, 7) is 1.94. The van der Waals surface area contributed by atoms with E-state index in [0.29, 0.717) is 19.5 Å². The molecule has 5 heteroatoms. The average Bonchev–Trinajstić information content (AvgIpc) is 3.54. The molecule has 0 bridgehead atoms. The number of furan rings is 1. The lowest BCUT2D eigenvalue weighted by Crippen LogP contribution is -2.24. The molecule has 184 valence electrons. The third-order valence-corrected chi connectivity index (χ3v) is 7.19. The summed E-state index contributed by atoms with van der Waals surface area (Å²) < 4.78 is 5.75. The summed E-state index contributed by atoms with van der Waals surface area (Å²) in [5.41, 5.74) is 6.06. The van der Waals surface area contributed by atoms with Gasteiger partial charge >= 0.3 is 0 Å². The molecule has 0 aliphatic carbocycles. The van der Waals surface area contributed by atoms with Crippen LogP contribution in [0.5, 0.6) is 0 Å². The second-order valence-electron chi connectivity index (χ2n) is 9.65. The molecule has 0 atom stereocenters. The van der Waals surface area contributed by atoms with Crippen molar-refractivity contribution in [2.45, 2.75) is 32.4 Å². The van der Waals surface area contributed by atoms with Crippen molar-refractivity contribution in [2.24, 2.45) is 0 Å². The Morgan fingerprint density at radius 2 is 1.70 bits per heavy atom. The van der Waals surface area contributed by atoms with Gasteiger partial charge in [-0.3, -0.25) is 9.59 Å². The van der Waals surface area contributed by atoms with E-state index in [0.717, 1.165) is 62.5 Å². The third kappa shape index (κ3) is 4.73. The summed E-state index contributed by atoms with van der Waals surface area (Å²) in [4.78, 5) is 26.8. The van der Waals surface area contributed by atoms with Gasteiger partial charge in [0.1, 0.15) is 5.58 Å². The van der Waals surface area contributed by atoms with Crippen LogP contribution in [-0.4, -0.2) is 23.3 Å². The SMILES string of the molecule is O=C(Cc1coc2ccc3ccccc3c12)NCc1ccccc1-c1ccc(CN2CCCC2=O)cc1. The van der Waals surface area contributed by atoms with Crippen molar-refractivity contribution in [1.29, 1.82) is 0 Å². The Morgan fingerprint density at radius 1 is 0.892 bits per heavy atom. The standard InChI is InChI=1S/C32H28N2O3/c35-30(18-26-21-37-29-16-15-23-6-1-4-9-28(23)32(26)29)33-19-25-7-2-3-8-27(25)24-13-11-22(12-14-24)20-34-17-5-10-31(34)36/h1-4,6-9,11-16,21H,5,10,17-20H2,(H,33,35). The Labute approximate surface area is 215 Å². The highest BCUT2D eigenvalue weighted by Gasteiger charge is 2.20. The highest BCUT2D eigenvalue weighted by atomic mass is 16.3. The van der Waals surface area contributed by atoms with E-state index in [-0.39, 0.29) is 18.2 Å². The van der Waals surface area contributed by atoms with Crippen LogP contribution in [0, 0.1) is 0 Å². The quantitative estimate of drug-likeness (QED) is 0.295. The van der Waals surface area contributed by atoms with Crippen molar-refractivity contribution in [3.63, 3.8) is 0 Å². The number of hydrogen-bond donors (Lipinski definition) is 1. The largest absolute Gasteiger partial charge is 0.464 e. The summed E-state index contributed by atoms with van der Waals surface area (Å²) in [5.74, 6) is 0.192. The Balaban J connectivity index is 1.15. The highest BCUT2D eigenvalue weighted by Crippen LogP contribution is 2.30. The van der Waals surface area contributed by atoms with Crippen LogP contribution in [0.4, 0.5) is 0 Å². The first kappa shape index (κ1) is 23.0. The van der Waals surface area contributed by atoms with E-state index in [1.807, 2.05) is 47.4 Å². The molecule has 1 fully saturated rings. The normalized spacial score (nSPS) is 13.5. The van der Waals surface area contributed by atoms with Crippen molar-refractivity contribution < 1.29 is 14.0 Å². The maximum atomic E-state index is 13.0. The zero-order valence-electron chi connectivity index (χ0n) is 20.6. The second-order valence-corrected chi connectivity index (χ2v) is 9.65. The molecule has 1 N–H and O–H groups in total. The van der Waals surface area contributed by atoms with E-state index in [4.69, 9.17) is 4.42 Å². The molecular weight excluding hydrogens is 460 g/mol. The summed E-state index contributed by atoms with van der Waals surface area (Å²) in [5, 5.41) is 6.33. The van der Waals surface area contributed by atoms with Gasteiger partial charge in [0.25, 0.3) is 0 Å². The molecule has 5 aromatic rings. The van der Waals surface area contributed by atoms with Gasteiger partial charge in [-0.1, -0.05) is 78.9 Å². The lowest BCUT2D eigenvalue weighted by molar-refractivity contribution is -0.128. The molecule has 0 radical (unpaired) electrons. The van der Waals surface area contributed by atoms with Gasteiger partial charge in [0, 0.05) is 37.0 Å². The van der Waals surface area contributed by atoms with Crippen LogP contribution in [-0.2, 0) is 29.1 Å². The molecule has 1 aliphatic rings. The highest BCUT2D eigenvalue weighted by molar-refractivity contribution is 6.08. The molecule has 0 spiro atoms. The fourth-order valence-electron chi connectivity index (χ4n) is 5.27. The molecule has 4 aromatic carbocycles. The van der Waals surface area contributed by atoms with Gasteiger partial charge in [-0.15, -0.1) is 0 Å². The molecular formula is C32H28N2O3. The van der Waals surface area contributed by atoms with Crippen LogP contribution in [0.3, 0.4) is 0 Å². The number of rotatable bonds is 7. The van der Waals surface area contributed by atoms with Crippen molar-refractivity contribution in [3.8, 4) is 11.1 Å². The van der Waals surface area contributed by atoms with Crippen LogP contribution < -0.4 is 5.32 Å². The zero-order chi connectivity index (χ0) is 25.2. The Bertz CT molecular complexity index is 1600. The summed E-state index contributed by atoms with van der Waals surface area (Å²) in [6.07, 6.45) is 3.56. The molecule has 1 aromatic heterocycles. The molecule has 1 aliphatic heterocycles. The molecule has 1 saturated heterocycles. The second kappa shape index (κ2) is 9.94. The molecule has 2 heterocycles. The predicted molar refractivity (Wildman–Crippen MR) is 146 cm³/mol.